The normalized spacial score (nSPS) is 19.2. The van der Waals surface area contributed by atoms with Crippen LogP contribution in [0.4, 0.5) is 4.39 Å². The van der Waals surface area contributed by atoms with Gasteiger partial charge in [0.1, 0.15) is 5.82 Å². The predicted molar refractivity (Wildman–Crippen MR) is 73.7 cm³/mol. The highest BCUT2D eigenvalue weighted by Gasteiger charge is 2.20. The van der Waals surface area contributed by atoms with Gasteiger partial charge in [0, 0.05) is 19.2 Å². The van der Waals surface area contributed by atoms with Gasteiger partial charge in [-0.05, 0) is 62.5 Å². The monoisotopic (exact) mass is 264 g/mol. The zero-order chi connectivity index (χ0) is 13.8. The van der Waals surface area contributed by atoms with E-state index in [1.807, 2.05) is 7.05 Å². The van der Waals surface area contributed by atoms with Crippen molar-refractivity contribution in [3.8, 4) is 0 Å². The van der Waals surface area contributed by atoms with Gasteiger partial charge in [-0.15, -0.1) is 0 Å². The summed E-state index contributed by atoms with van der Waals surface area (Å²) in [6.45, 7) is 4.57. The fourth-order valence-corrected chi connectivity index (χ4v) is 2.62. The lowest BCUT2D eigenvalue weighted by Crippen LogP contribution is -2.39. The van der Waals surface area contributed by atoms with Crippen molar-refractivity contribution in [2.45, 2.75) is 19.8 Å². The molecule has 1 fully saturated rings. The Morgan fingerprint density at radius 2 is 2.32 bits per heavy atom. The largest absolute Gasteiger partial charge is 0.341 e. The lowest BCUT2D eigenvalue weighted by molar-refractivity contribution is 0.0764. The maximum absolute atomic E-state index is 13.1. The fourth-order valence-electron chi connectivity index (χ4n) is 2.62. The van der Waals surface area contributed by atoms with Crippen molar-refractivity contribution in [1.82, 2.24) is 10.2 Å². The highest BCUT2D eigenvalue weighted by Crippen LogP contribution is 2.15. The maximum Gasteiger partial charge on any atom is 0.253 e. The van der Waals surface area contributed by atoms with E-state index < -0.39 is 0 Å². The number of halogens is 1. The molecule has 1 N–H and O–H groups in total. The van der Waals surface area contributed by atoms with Crippen LogP contribution in [0.25, 0.3) is 0 Å². The molecule has 1 aliphatic rings. The third kappa shape index (κ3) is 3.53. The Kier molecular flexibility index (Phi) is 4.53. The third-order valence-corrected chi connectivity index (χ3v) is 3.70. The summed E-state index contributed by atoms with van der Waals surface area (Å²) < 4.78 is 13.1. The van der Waals surface area contributed by atoms with Crippen LogP contribution < -0.4 is 5.32 Å². The van der Waals surface area contributed by atoms with Gasteiger partial charge in [-0.1, -0.05) is 0 Å². The molecule has 0 aromatic heterocycles. The van der Waals surface area contributed by atoms with Crippen LogP contribution >= 0.6 is 0 Å². The Bertz CT molecular complexity index is 455. The average Bonchev–Trinajstić information content (AvgIpc) is 2.39. The first-order chi connectivity index (χ1) is 9.08. The number of hydrogen-bond acceptors (Lipinski definition) is 2. The van der Waals surface area contributed by atoms with Crippen LogP contribution in [0, 0.1) is 18.7 Å². The van der Waals surface area contributed by atoms with Gasteiger partial charge in [-0.3, -0.25) is 4.79 Å². The molecule has 0 bridgehead atoms. The number of carbonyl (C=O) groups excluding carboxylic acids is 1. The zero-order valence-electron chi connectivity index (χ0n) is 11.6. The molecular formula is C15H21FN2O. The molecule has 0 spiro atoms. The van der Waals surface area contributed by atoms with E-state index in [1.165, 1.54) is 18.6 Å². The van der Waals surface area contributed by atoms with Crippen LogP contribution in [-0.4, -0.2) is 37.5 Å². The van der Waals surface area contributed by atoms with Crippen molar-refractivity contribution in [2.75, 3.05) is 26.7 Å². The lowest BCUT2D eigenvalue weighted by Gasteiger charge is -2.28. The molecule has 1 amide bonds. The molecule has 104 valence electrons. The second kappa shape index (κ2) is 6.15. The standard InChI is InChI=1S/C15H21FN2O/c1-11-8-13(16)5-6-14(11)15(19)18(2)10-12-4-3-7-17-9-12/h5-6,8,12,17H,3-4,7,9-10H2,1-2H3. The zero-order valence-corrected chi connectivity index (χ0v) is 11.6. The summed E-state index contributed by atoms with van der Waals surface area (Å²) in [5.74, 6) is 0.194. The molecule has 0 saturated carbocycles. The number of nitrogens with one attached hydrogen (secondary N) is 1. The summed E-state index contributed by atoms with van der Waals surface area (Å²) >= 11 is 0. The number of rotatable bonds is 3. The minimum absolute atomic E-state index is 0.0249. The number of carbonyl (C=O) groups is 1. The molecule has 0 aliphatic carbocycles. The van der Waals surface area contributed by atoms with Gasteiger partial charge < -0.3 is 10.2 Å². The summed E-state index contributed by atoms with van der Waals surface area (Å²) in [4.78, 5) is 14.1. The molecule has 1 aliphatic heterocycles. The molecule has 0 radical (unpaired) electrons. The van der Waals surface area contributed by atoms with Crippen molar-refractivity contribution in [2.24, 2.45) is 5.92 Å². The van der Waals surface area contributed by atoms with Crippen molar-refractivity contribution in [3.63, 3.8) is 0 Å². The minimum Gasteiger partial charge on any atom is -0.341 e. The smallest absolute Gasteiger partial charge is 0.253 e. The topological polar surface area (TPSA) is 32.3 Å². The Labute approximate surface area is 113 Å². The predicted octanol–water partition coefficient (Wildman–Crippen LogP) is 2.21. The van der Waals surface area contributed by atoms with Crippen molar-refractivity contribution >= 4 is 5.91 Å². The number of aryl methyl sites for hydroxylation is 1. The summed E-state index contributed by atoms with van der Waals surface area (Å²) in [5.41, 5.74) is 1.28. The van der Waals surface area contributed by atoms with Crippen LogP contribution in [0.1, 0.15) is 28.8 Å². The Balaban J connectivity index is 2.01. The van der Waals surface area contributed by atoms with Gasteiger partial charge in [-0.25, -0.2) is 4.39 Å². The van der Waals surface area contributed by atoms with E-state index in [2.05, 4.69) is 5.32 Å². The molecule has 19 heavy (non-hydrogen) atoms. The molecule has 1 aromatic rings. The van der Waals surface area contributed by atoms with E-state index >= 15 is 0 Å². The van der Waals surface area contributed by atoms with Gasteiger partial charge in [0.15, 0.2) is 0 Å². The van der Waals surface area contributed by atoms with E-state index in [-0.39, 0.29) is 11.7 Å². The van der Waals surface area contributed by atoms with E-state index in [0.29, 0.717) is 17.0 Å². The summed E-state index contributed by atoms with van der Waals surface area (Å²) in [6.07, 6.45) is 2.33. The van der Waals surface area contributed by atoms with Crippen molar-refractivity contribution in [1.29, 1.82) is 0 Å². The molecule has 1 aromatic carbocycles. The van der Waals surface area contributed by atoms with Gasteiger partial charge >= 0.3 is 0 Å². The van der Waals surface area contributed by atoms with Gasteiger partial charge in [0.05, 0.1) is 0 Å². The summed E-state index contributed by atoms with van der Waals surface area (Å²) in [5, 5.41) is 3.35. The molecule has 4 heteroatoms. The molecule has 3 nitrogen and oxygen atoms in total. The van der Waals surface area contributed by atoms with Gasteiger partial charge in [-0.2, -0.15) is 0 Å². The molecule has 2 rings (SSSR count). The average molecular weight is 264 g/mol. The molecule has 1 heterocycles. The quantitative estimate of drug-likeness (QED) is 0.907. The second-order valence-corrected chi connectivity index (χ2v) is 5.36. The first-order valence-corrected chi connectivity index (χ1v) is 6.80. The van der Waals surface area contributed by atoms with Gasteiger partial charge in [0.25, 0.3) is 5.91 Å². The molecule has 1 unspecified atom stereocenters. The van der Waals surface area contributed by atoms with Crippen LogP contribution in [0.15, 0.2) is 18.2 Å². The molecule has 1 atom stereocenters. The van der Waals surface area contributed by atoms with Crippen LogP contribution in [0.2, 0.25) is 0 Å². The van der Waals surface area contributed by atoms with E-state index in [1.54, 1.807) is 17.9 Å². The van der Waals surface area contributed by atoms with Gasteiger partial charge in [0.2, 0.25) is 0 Å². The number of hydrogen-bond donors (Lipinski definition) is 1. The summed E-state index contributed by atoms with van der Waals surface area (Å²) in [7, 11) is 1.82. The highest BCUT2D eigenvalue weighted by molar-refractivity contribution is 5.95. The van der Waals surface area contributed by atoms with E-state index in [9.17, 15) is 9.18 Å². The number of benzene rings is 1. The second-order valence-electron chi connectivity index (χ2n) is 5.36. The molecule has 1 saturated heterocycles. The van der Waals surface area contributed by atoms with E-state index in [4.69, 9.17) is 0 Å². The fraction of sp³-hybridized carbons (Fsp3) is 0.533. The Hall–Kier alpha value is -1.42. The van der Waals surface area contributed by atoms with E-state index in [0.717, 1.165) is 26.1 Å². The first-order valence-electron chi connectivity index (χ1n) is 6.80. The molecular weight excluding hydrogens is 243 g/mol. The minimum atomic E-state index is -0.298. The first kappa shape index (κ1) is 14.0. The number of amides is 1. The third-order valence-electron chi connectivity index (χ3n) is 3.70. The van der Waals surface area contributed by atoms with Crippen LogP contribution in [0.5, 0.6) is 0 Å². The van der Waals surface area contributed by atoms with Crippen LogP contribution in [0.3, 0.4) is 0 Å². The Morgan fingerprint density at radius 3 is 2.95 bits per heavy atom. The lowest BCUT2D eigenvalue weighted by atomic mass is 9.98. The maximum atomic E-state index is 13.1. The number of piperidine rings is 1. The number of nitrogens with zero attached hydrogens (tertiary/aromatic N) is 1. The summed E-state index contributed by atoms with van der Waals surface area (Å²) in [6, 6.07) is 4.32. The highest BCUT2D eigenvalue weighted by atomic mass is 19.1. The SMILES string of the molecule is Cc1cc(F)ccc1C(=O)N(C)CC1CCCNC1. The van der Waals surface area contributed by atoms with Crippen molar-refractivity contribution < 1.29 is 9.18 Å². The Morgan fingerprint density at radius 1 is 1.53 bits per heavy atom. The van der Waals surface area contributed by atoms with Crippen molar-refractivity contribution in [3.05, 3.63) is 35.1 Å². The van der Waals surface area contributed by atoms with Crippen LogP contribution in [-0.2, 0) is 0 Å².